The summed E-state index contributed by atoms with van der Waals surface area (Å²) < 4.78 is 30.7. The van der Waals surface area contributed by atoms with Gasteiger partial charge in [0.15, 0.2) is 5.75 Å². The molecule has 0 unspecified atom stereocenters. The molecule has 0 heterocycles. The van der Waals surface area contributed by atoms with Gasteiger partial charge in [0.05, 0.1) is 11.9 Å². The van der Waals surface area contributed by atoms with Crippen LogP contribution in [0, 0.1) is 0 Å². The Bertz CT molecular complexity index is 1030. The van der Waals surface area contributed by atoms with Gasteiger partial charge in [0.2, 0.25) is 10.0 Å². The molecule has 0 saturated heterocycles. The average molecular weight is 382 g/mol. The minimum absolute atomic E-state index is 0.329. The van der Waals surface area contributed by atoms with Crippen molar-refractivity contribution in [2.24, 2.45) is 0 Å². The number of amides is 1. The van der Waals surface area contributed by atoms with E-state index in [1.165, 1.54) is 12.1 Å². The van der Waals surface area contributed by atoms with Crippen molar-refractivity contribution in [3.8, 4) is 11.5 Å². The number of sulfonamides is 1. The molecule has 1 amide bonds. The van der Waals surface area contributed by atoms with Gasteiger partial charge in [-0.1, -0.05) is 30.3 Å². The van der Waals surface area contributed by atoms with Crippen molar-refractivity contribution in [2.75, 3.05) is 16.3 Å². The number of ether oxygens (including phenoxy) is 1. The maximum Gasteiger partial charge on any atom is 0.255 e. The van der Waals surface area contributed by atoms with Crippen molar-refractivity contribution in [1.82, 2.24) is 0 Å². The van der Waals surface area contributed by atoms with Crippen molar-refractivity contribution < 1.29 is 17.9 Å². The molecule has 2 N–H and O–H groups in total. The highest BCUT2D eigenvalue weighted by Gasteiger charge is 2.11. The molecule has 7 heteroatoms. The van der Waals surface area contributed by atoms with Crippen LogP contribution in [0.3, 0.4) is 0 Å². The second-order valence-electron chi connectivity index (χ2n) is 5.82. The van der Waals surface area contributed by atoms with Crippen LogP contribution in [0.25, 0.3) is 0 Å². The summed E-state index contributed by atoms with van der Waals surface area (Å²) in [7, 11) is -3.36. The van der Waals surface area contributed by atoms with Crippen molar-refractivity contribution in [2.45, 2.75) is 0 Å². The molecule has 0 saturated carbocycles. The molecule has 3 rings (SSSR count). The van der Waals surface area contributed by atoms with Crippen LogP contribution in [0.5, 0.6) is 11.5 Å². The van der Waals surface area contributed by atoms with Crippen LogP contribution in [0.15, 0.2) is 78.9 Å². The van der Waals surface area contributed by atoms with E-state index in [0.29, 0.717) is 28.4 Å². The van der Waals surface area contributed by atoms with Gasteiger partial charge in [0.1, 0.15) is 5.75 Å². The van der Waals surface area contributed by atoms with Gasteiger partial charge in [-0.3, -0.25) is 9.52 Å². The second-order valence-corrected chi connectivity index (χ2v) is 7.57. The first kappa shape index (κ1) is 18.5. The van der Waals surface area contributed by atoms with Crippen LogP contribution in [0.2, 0.25) is 0 Å². The Labute approximate surface area is 157 Å². The van der Waals surface area contributed by atoms with Crippen LogP contribution in [0.1, 0.15) is 10.4 Å². The molecule has 0 aliphatic heterocycles. The molecule has 138 valence electrons. The number of carbonyl (C=O) groups excluding carboxylic acids is 1. The predicted octanol–water partition coefficient (Wildman–Crippen LogP) is 4.10. The number of para-hydroxylation sites is 3. The maximum absolute atomic E-state index is 12.5. The van der Waals surface area contributed by atoms with E-state index in [2.05, 4.69) is 10.0 Å². The Morgan fingerprint density at radius 1 is 0.852 bits per heavy atom. The highest BCUT2D eigenvalue weighted by molar-refractivity contribution is 7.92. The van der Waals surface area contributed by atoms with Gasteiger partial charge in [-0.15, -0.1) is 0 Å². The molecule has 0 aliphatic rings. The quantitative estimate of drug-likeness (QED) is 0.672. The van der Waals surface area contributed by atoms with Crippen molar-refractivity contribution in [3.63, 3.8) is 0 Å². The Balaban J connectivity index is 1.74. The van der Waals surface area contributed by atoms with Crippen LogP contribution in [-0.2, 0) is 10.0 Å². The highest BCUT2D eigenvalue weighted by atomic mass is 32.2. The monoisotopic (exact) mass is 382 g/mol. The van der Waals surface area contributed by atoms with E-state index < -0.39 is 10.0 Å². The Kier molecular flexibility index (Phi) is 5.42. The summed E-state index contributed by atoms with van der Waals surface area (Å²) in [6.45, 7) is 0. The third-order valence-electron chi connectivity index (χ3n) is 3.56. The molecule has 0 aromatic heterocycles. The lowest BCUT2D eigenvalue weighted by molar-refractivity contribution is 0.102. The minimum Gasteiger partial charge on any atom is -0.455 e. The zero-order valence-corrected chi connectivity index (χ0v) is 15.4. The van der Waals surface area contributed by atoms with Crippen molar-refractivity contribution in [1.29, 1.82) is 0 Å². The molecular formula is C20H18N2O4S. The van der Waals surface area contributed by atoms with Crippen molar-refractivity contribution in [3.05, 3.63) is 84.4 Å². The van der Waals surface area contributed by atoms with E-state index >= 15 is 0 Å². The highest BCUT2D eigenvalue weighted by Crippen LogP contribution is 2.29. The Hall–Kier alpha value is -3.32. The second kappa shape index (κ2) is 7.92. The number of benzene rings is 3. The lowest BCUT2D eigenvalue weighted by atomic mass is 10.2. The summed E-state index contributed by atoms with van der Waals surface area (Å²) in [4.78, 5) is 12.5. The van der Waals surface area contributed by atoms with E-state index in [4.69, 9.17) is 4.74 Å². The summed E-state index contributed by atoms with van der Waals surface area (Å²) in [6.07, 6.45) is 1.07. The first-order valence-corrected chi connectivity index (χ1v) is 10.0. The first-order chi connectivity index (χ1) is 12.9. The zero-order chi connectivity index (χ0) is 19.3. The number of rotatable bonds is 6. The molecule has 0 aliphatic carbocycles. The fourth-order valence-corrected chi connectivity index (χ4v) is 2.94. The number of hydrogen-bond donors (Lipinski definition) is 2. The summed E-state index contributed by atoms with van der Waals surface area (Å²) in [5, 5.41) is 2.81. The first-order valence-electron chi connectivity index (χ1n) is 8.12. The predicted molar refractivity (Wildman–Crippen MR) is 106 cm³/mol. The molecule has 0 spiro atoms. The zero-order valence-electron chi connectivity index (χ0n) is 14.5. The third-order valence-corrected chi connectivity index (χ3v) is 4.16. The topological polar surface area (TPSA) is 84.5 Å². The van der Waals surface area contributed by atoms with E-state index in [1.807, 2.05) is 36.4 Å². The molecule has 6 nitrogen and oxygen atoms in total. The molecule has 3 aromatic rings. The fraction of sp³-hybridized carbons (Fsp3) is 0.0500. The maximum atomic E-state index is 12.5. The molecular weight excluding hydrogens is 364 g/mol. The average Bonchev–Trinajstić information content (AvgIpc) is 2.63. The SMILES string of the molecule is CS(=O)(=O)Nc1ccc(C(=O)Nc2ccccc2Oc2ccccc2)cc1. The molecule has 0 radical (unpaired) electrons. The van der Waals surface area contributed by atoms with Gasteiger partial charge in [0, 0.05) is 11.3 Å². The van der Waals surface area contributed by atoms with Gasteiger partial charge in [-0.2, -0.15) is 0 Å². The van der Waals surface area contributed by atoms with Crippen LogP contribution >= 0.6 is 0 Å². The van der Waals surface area contributed by atoms with Gasteiger partial charge < -0.3 is 10.1 Å². The third kappa shape index (κ3) is 5.32. The fourth-order valence-electron chi connectivity index (χ4n) is 2.37. The van der Waals surface area contributed by atoms with E-state index in [9.17, 15) is 13.2 Å². The lowest BCUT2D eigenvalue weighted by Gasteiger charge is -2.12. The Morgan fingerprint density at radius 3 is 2.15 bits per heavy atom. The van der Waals surface area contributed by atoms with E-state index in [1.54, 1.807) is 30.3 Å². The van der Waals surface area contributed by atoms with Gasteiger partial charge >= 0.3 is 0 Å². The minimum atomic E-state index is -3.36. The molecule has 3 aromatic carbocycles. The molecule has 0 fully saturated rings. The number of nitrogens with one attached hydrogen (secondary N) is 2. The summed E-state index contributed by atoms with van der Waals surface area (Å²) >= 11 is 0. The van der Waals surface area contributed by atoms with Crippen LogP contribution < -0.4 is 14.8 Å². The number of anilines is 2. The van der Waals surface area contributed by atoms with E-state index in [0.717, 1.165) is 6.26 Å². The van der Waals surface area contributed by atoms with Gasteiger partial charge in [0.25, 0.3) is 5.91 Å². The normalized spacial score (nSPS) is 10.9. The number of carbonyl (C=O) groups is 1. The lowest BCUT2D eigenvalue weighted by Crippen LogP contribution is -2.13. The molecule has 27 heavy (non-hydrogen) atoms. The Morgan fingerprint density at radius 2 is 1.48 bits per heavy atom. The summed E-state index contributed by atoms with van der Waals surface area (Å²) in [6, 6.07) is 22.5. The number of hydrogen-bond acceptors (Lipinski definition) is 4. The standard InChI is InChI=1S/C20H18N2O4S/c1-27(24,25)22-16-13-11-15(12-14-16)20(23)21-18-9-5-6-10-19(18)26-17-7-3-2-4-8-17/h2-14,22H,1H3,(H,21,23). The summed E-state index contributed by atoms with van der Waals surface area (Å²) in [5.74, 6) is 0.854. The molecule has 0 atom stereocenters. The van der Waals surface area contributed by atoms with E-state index in [-0.39, 0.29) is 5.91 Å². The van der Waals surface area contributed by atoms with Crippen LogP contribution in [0.4, 0.5) is 11.4 Å². The van der Waals surface area contributed by atoms with Crippen LogP contribution in [-0.4, -0.2) is 20.6 Å². The smallest absolute Gasteiger partial charge is 0.255 e. The molecule has 0 bridgehead atoms. The van der Waals surface area contributed by atoms with Gasteiger partial charge in [-0.05, 0) is 48.5 Å². The summed E-state index contributed by atoms with van der Waals surface area (Å²) in [5.41, 5.74) is 1.31. The van der Waals surface area contributed by atoms with Crippen molar-refractivity contribution >= 4 is 27.3 Å². The largest absolute Gasteiger partial charge is 0.455 e. The van der Waals surface area contributed by atoms with Gasteiger partial charge in [-0.25, -0.2) is 8.42 Å².